The molecule has 178 valence electrons. The van der Waals surface area contributed by atoms with E-state index in [1.54, 1.807) is 40.8 Å². The summed E-state index contributed by atoms with van der Waals surface area (Å²) in [6, 6.07) is 14.7. The molecule has 0 unspecified atom stereocenters. The smallest absolute Gasteiger partial charge is 0.409 e. The summed E-state index contributed by atoms with van der Waals surface area (Å²) in [5, 5.41) is 4.85. The van der Waals surface area contributed by atoms with Gasteiger partial charge in [-0.05, 0) is 56.0 Å². The Hall–Kier alpha value is -3.32. The third-order valence-corrected chi connectivity index (χ3v) is 6.58. The van der Waals surface area contributed by atoms with Gasteiger partial charge in [0.15, 0.2) is 0 Å². The molecule has 1 fully saturated rings. The summed E-state index contributed by atoms with van der Waals surface area (Å²) in [4.78, 5) is 39.5. The maximum absolute atomic E-state index is 13.3. The second-order valence-electron chi connectivity index (χ2n) is 8.35. The topological polar surface area (TPSA) is 80.6 Å². The van der Waals surface area contributed by atoms with Gasteiger partial charge in [0.05, 0.1) is 6.61 Å². The third kappa shape index (κ3) is 5.25. The first-order chi connectivity index (χ1) is 16.5. The van der Waals surface area contributed by atoms with Crippen LogP contribution < -0.4 is 10.9 Å². The quantitative estimate of drug-likeness (QED) is 0.536. The summed E-state index contributed by atoms with van der Waals surface area (Å²) in [6.07, 6.45) is 3.67. The molecule has 7 nitrogen and oxygen atoms in total. The van der Waals surface area contributed by atoms with E-state index in [1.807, 2.05) is 30.3 Å². The molecule has 2 amide bonds. The van der Waals surface area contributed by atoms with Gasteiger partial charge >= 0.3 is 6.09 Å². The summed E-state index contributed by atoms with van der Waals surface area (Å²) in [7, 11) is 0. The average Bonchev–Trinajstić information content (AvgIpc) is 2.84. The highest BCUT2D eigenvalue weighted by atomic mass is 35.5. The van der Waals surface area contributed by atoms with E-state index < -0.39 is 0 Å². The lowest BCUT2D eigenvalue weighted by Crippen LogP contribution is -2.41. The number of ether oxygens (including phenoxy) is 1. The van der Waals surface area contributed by atoms with Gasteiger partial charge in [-0.25, -0.2) is 4.79 Å². The largest absolute Gasteiger partial charge is 0.450 e. The van der Waals surface area contributed by atoms with Gasteiger partial charge in [-0.15, -0.1) is 0 Å². The summed E-state index contributed by atoms with van der Waals surface area (Å²) in [5.74, 6) is -0.136. The van der Waals surface area contributed by atoms with Crippen LogP contribution in [0.3, 0.4) is 0 Å². The van der Waals surface area contributed by atoms with Crippen molar-refractivity contribution in [3.05, 3.63) is 75.7 Å². The minimum Gasteiger partial charge on any atom is -0.450 e. The fourth-order valence-electron chi connectivity index (χ4n) is 4.39. The molecular weight excluding hydrogens is 454 g/mol. The molecule has 0 bridgehead atoms. The summed E-state index contributed by atoms with van der Waals surface area (Å²) < 4.78 is 6.82. The molecule has 2 heterocycles. The molecule has 0 radical (unpaired) electrons. The van der Waals surface area contributed by atoms with Crippen LogP contribution in [0, 0.1) is 0 Å². The molecular formula is C26H28ClN3O4. The molecule has 0 aliphatic carbocycles. The van der Waals surface area contributed by atoms with Gasteiger partial charge in [0.2, 0.25) is 5.91 Å². The van der Waals surface area contributed by atoms with Gasteiger partial charge in [0.25, 0.3) is 5.56 Å². The normalized spacial score (nSPS) is 14.2. The van der Waals surface area contributed by atoms with E-state index in [9.17, 15) is 14.4 Å². The van der Waals surface area contributed by atoms with E-state index in [2.05, 4.69) is 5.32 Å². The first-order valence-corrected chi connectivity index (χ1v) is 11.9. The van der Waals surface area contributed by atoms with Crippen molar-refractivity contribution in [1.29, 1.82) is 0 Å². The minimum absolute atomic E-state index is 0.0106. The van der Waals surface area contributed by atoms with Crippen molar-refractivity contribution in [1.82, 2.24) is 9.47 Å². The molecule has 0 spiro atoms. The van der Waals surface area contributed by atoms with Gasteiger partial charge in [-0.2, -0.15) is 0 Å². The van der Waals surface area contributed by atoms with Crippen molar-refractivity contribution in [2.45, 2.75) is 38.6 Å². The van der Waals surface area contributed by atoms with Crippen molar-refractivity contribution >= 4 is 40.1 Å². The minimum atomic E-state index is -0.304. The maximum Gasteiger partial charge on any atom is 0.409 e. The molecule has 1 N–H and O–H groups in total. The molecule has 1 aromatic heterocycles. The number of halogens is 1. The Balaban J connectivity index is 1.46. The van der Waals surface area contributed by atoms with Crippen molar-refractivity contribution < 1.29 is 14.3 Å². The molecule has 34 heavy (non-hydrogen) atoms. The molecule has 1 aliphatic heterocycles. The number of aromatic nitrogens is 1. The SMILES string of the molecule is CCOC(=O)N1CCC(n2ccc3c(NC(=O)CCc4ccccc4Cl)cccc3c2=O)CC1. The first kappa shape index (κ1) is 23.8. The van der Waals surface area contributed by atoms with E-state index in [4.69, 9.17) is 16.3 Å². The third-order valence-electron chi connectivity index (χ3n) is 6.21. The number of rotatable bonds is 6. The number of hydrogen-bond donors (Lipinski definition) is 1. The van der Waals surface area contributed by atoms with E-state index in [1.165, 1.54) is 0 Å². The highest BCUT2D eigenvalue weighted by Gasteiger charge is 2.25. The van der Waals surface area contributed by atoms with Crippen LogP contribution in [0.1, 0.15) is 37.8 Å². The van der Waals surface area contributed by atoms with Crippen molar-refractivity contribution in [2.24, 2.45) is 0 Å². The van der Waals surface area contributed by atoms with Crippen LogP contribution in [0.25, 0.3) is 10.8 Å². The van der Waals surface area contributed by atoms with Crippen molar-refractivity contribution in [3.8, 4) is 0 Å². The number of hydrogen-bond acceptors (Lipinski definition) is 4. The predicted molar refractivity (Wildman–Crippen MR) is 133 cm³/mol. The summed E-state index contributed by atoms with van der Waals surface area (Å²) in [5.41, 5.74) is 1.44. The Morgan fingerprint density at radius 3 is 2.56 bits per heavy atom. The number of fused-ring (bicyclic) bond motifs is 1. The summed E-state index contributed by atoms with van der Waals surface area (Å²) in [6.45, 7) is 3.24. The molecule has 3 aromatic rings. The van der Waals surface area contributed by atoms with Gasteiger partial charge in [-0.3, -0.25) is 9.59 Å². The number of amides is 2. The number of anilines is 1. The first-order valence-electron chi connectivity index (χ1n) is 11.6. The van der Waals surface area contributed by atoms with Crippen LogP contribution in [0.2, 0.25) is 5.02 Å². The molecule has 0 atom stereocenters. The number of nitrogens with one attached hydrogen (secondary N) is 1. The monoisotopic (exact) mass is 481 g/mol. The molecule has 4 rings (SSSR count). The molecule has 0 saturated carbocycles. The van der Waals surface area contributed by atoms with Crippen LogP contribution in [0.15, 0.2) is 59.5 Å². The Morgan fingerprint density at radius 2 is 1.82 bits per heavy atom. The number of carbonyl (C=O) groups excluding carboxylic acids is 2. The van der Waals surface area contributed by atoms with E-state index in [0.29, 0.717) is 60.4 Å². The number of likely N-dealkylation sites (tertiary alicyclic amines) is 1. The van der Waals surface area contributed by atoms with Crippen LogP contribution in [0.4, 0.5) is 10.5 Å². The average molecular weight is 482 g/mol. The van der Waals surface area contributed by atoms with Crippen LogP contribution in [-0.2, 0) is 16.0 Å². The van der Waals surface area contributed by atoms with Gasteiger partial charge < -0.3 is 19.5 Å². The lowest BCUT2D eigenvalue weighted by atomic mass is 10.0. The predicted octanol–water partition coefficient (Wildman–Crippen LogP) is 5.02. The Bertz CT molecular complexity index is 1250. The number of aryl methyl sites for hydroxylation is 1. The van der Waals surface area contributed by atoms with Gasteiger partial charge in [0, 0.05) is 53.2 Å². The van der Waals surface area contributed by atoms with E-state index in [-0.39, 0.29) is 30.0 Å². The molecule has 1 saturated heterocycles. The Labute approximate surface area is 203 Å². The lowest BCUT2D eigenvalue weighted by molar-refractivity contribution is -0.116. The summed E-state index contributed by atoms with van der Waals surface area (Å²) >= 11 is 6.19. The van der Waals surface area contributed by atoms with Crippen LogP contribution in [-0.4, -0.2) is 41.2 Å². The number of pyridine rings is 1. The number of benzene rings is 2. The fourth-order valence-corrected chi connectivity index (χ4v) is 4.62. The second kappa shape index (κ2) is 10.7. The molecule has 2 aromatic carbocycles. The van der Waals surface area contributed by atoms with Crippen LogP contribution in [0.5, 0.6) is 0 Å². The zero-order valence-electron chi connectivity index (χ0n) is 19.1. The van der Waals surface area contributed by atoms with Crippen molar-refractivity contribution in [3.63, 3.8) is 0 Å². The van der Waals surface area contributed by atoms with Gasteiger partial charge in [0.1, 0.15) is 0 Å². The fraction of sp³-hybridized carbons (Fsp3) is 0.346. The zero-order valence-corrected chi connectivity index (χ0v) is 19.9. The lowest BCUT2D eigenvalue weighted by Gasteiger charge is -2.32. The van der Waals surface area contributed by atoms with Crippen molar-refractivity contribution in [2.75, 3.05) is 25.0 Å². The maximum atomic E-state index is 13.3. The second-order valence-corrected chi connectivity index (χ2v) is 8.76. The number of carbonyl (C=O) groups is 2. The standard InChI is InChI=1S/C26H28ClN3O4/c1-2-34-26(33)29-15-12-19(13-16-29)30-17-14-20-21(25(30)32)7-5-9-23(20)28-24(31)11-10-18-6-3-4-8-22(18)27/h3-9,14,17,19H,2,10-13,15-16H2,1H3,(H,28,31). The number of nitrogens with zero attached hydrogens (tertiary/aromatic N) is 2. The van der Waals surface area contributed by atoms with Crippen LogP contribution >= 0.6 is 11.6 Å². The Kier molecular flexibility index (Phi) is 7.53. The molecule has 1 aliphatic rings. The highest BCUT2D eigenvalue weighted by Crippen LogP contribution is 2.26. The van der Waals surface area contributed by atoms with Gasteiger partial charge in [-0.1, -0.05) is 35.9 Å². The van der Waals surface area contributed by atoms with E-state index >= 15 is 0 Å². The Morgan fingerprint density at radius 1 is 1.06 bits per heavy atom. The number of piperidine rings is 1. The molecule has 8 heteroatoms. The highest BCUT2D eigenvalue weighted by molar-refractivity contribution is 6.31. The zero-order chi connectivity index (χ0) is 24.1. The van der Waals surface area contributed by atoms with E-state index in [0.717, 1.165) is 5.56 Å².